The third-order valence-corrected chi connectivity index (χ3v) is 3.75. The van der Waals surface area contributed by atoms with E-state index in [0.717, 1.165) is 31.8 Å². The average molecular weight is 212 g/mol. The van der Waals surface area contributed by atoms with Gasteiger partial charge in [-0.2, -0.15) is 0 Å². The first-order valence-corrected chi connectivity index (χ1v) is 5.94. The molecule has 86 valence electrons. The molecular formula is C11H20N2O2. The van der Waals surface area contributed by atoms with Crippen LogP contribution in [0.15, 0.2) is 0 Å². The summed E-state index contributed by atoms with van der Waals surface area (Å²) in [7, 11) is 0. The lowest BCUT2D eigenvalue weighted by molar-refractivity contribution is -0.142. The number of rotatable bonds is 2. The Labute approximate surface area is 90.4 Å². The van der Waals surface area contributed by atoms with Crippen molar-refractivity contribution in [3.63, 3.8) is 0 Å². The third-order valence-electron chi connectivity index (χ3n) is 3.75. The Morgan fingerprint density at radius 3 is 2.40 bits per heavy atom. The van der Waals surface area contributed by atoms with Gasteiger partial charge in [-0.3, -0.25) is 4.79 Å². The predicted molar refractivity (Wildman–Crippen MR) is 57.7 cm³/mol. The molecule has 0 amide bonds. The summed E-state index contributed by atoms with van der Waals surface area (Å²) in [6, 6.07) is 0.558. The second-order valence-corrected chi connectivity index (χ2v) is 4.71. The molecule has 0 saturated carbocycles. The van der Waals surface area contributed by atoms with Crippen LogP contribution in [0.4, 0.5) is 0 Å². The molecule has 2 aliphatic rings. The predicted octanol–water partition coefficient (Wildman–Crippen LogP) is 0.439. The molecule has 0 aromatic rings. The van der Waals surface area contributed by atoms with Crippen LogP contribution in [0.3, 0.4) is 0 Å². The van der Waals surface area contributed by atoms with Crippen molar-refractivity contribution in [2.75, 3.05) is 19.6 Å². The highest BCUT2D eigenvalue weighted by atomic mass is 16.4. The average Bonchev–Trinajstić information content (AvgIpc) is 2.30. The van der Waals surface area contributed by atoms with E-state index in [1.807, 2.05) is 0 Å². The van der Waals surface area contributed by atoms with Crippen LogP contribution in [-0.2, 0) is 4.79 Å². The molecule has 2 saturated heterocycles. The summed E-state index contributed by atoms with van der Waals surface area (Å²) in [5, 5.41) is 15.7. The van der Waals surface area contributed by atoms with E-state index < -0.39 is 5.97 Å². The Balaban J connectivity index is 1.79. The summed E-state index contributed by atoms with van der Waals surface area (Å²) >= 11 is 0. The fraction of sp³-hybridized carbons (Fsp3) is 0.909. The monoisotopic (exact) mass is 212 g/mol. The maximum absolute atomic E-state index is 10.8. The van der Waals surface area contributed by atoms with Crippen LogP contribution in [0.1, 0.15) is 25.7 Å². The van der Waals surface area contributed by atoms with Gasteiger partial charge in [0.2, 0.25) is 0 Å². The van der Waals surface area contributed by atoms with Crippen LogP contribution in [0.25, 0.3) is 0 Å². The zero-order valence-corrected chi connectivity index (χ0v) is 9.04. The lowest BCUT2D eigenvalue weighted by Crippen LogP contribution is -2.48. The van der Waals surface area contributed by atoms with Gasteiger partial charge < -0.3 is 15.7 Å². The molecule has 0 aromatic heterocycles. The van der Waals surface area contributed by atoms with E-state index in [1.54, 1.807) is 0 Å². The molecule has 2 aliphatic heterocycles. The topological polar surface area (TPSA) is 61.4 Å². The smallest absolute Gasteiger partial charge is 0.307 e. The quantitative estimate of drug-likeness (QED) is 0.621. The Morgan fingerprint density at radius 1 is 1.13 bits per heavy atom. The van der Waals surface area contributed by atoms with E-state index in [2.05, 4.69) is 10.6 Å². The van der Waals surface area contributed by atoms with Crippen molar-refractivity contribution in [1.82, 2.24) is 10.6 Å². The Kier molecular flexibility index (Phi) is 3.59. The van der Waals surface area contributed by atoms with Gasteiger partial charge in [-0.25, -0.2) is 0 Å². The molecule has 2 fully saturated rings. The molecule has 0 aliphatic carbocycles. The summed E-state index contributed by atoms with van der Waals surface area (Å²) < 4.78 is 0. The number of carbonyl (C=O) groups is 1. The van der Waals surface area contributed by atoms with Crippen LogP contribution in [0.5, 0.6) is 0 Å². The maximum Gasteiger partial charge on any atom is 0.307 e. The van der Waals surface area contributed by atoms with Crippen LogP contribution in [-0.4, -0.2) is 36.8 Å². The Morgan fingerprint density at radius 2 is 1.87 bits per heavy atom. The van der Waals surface area contributed by atoms with Gasteiger partial charge in [0.05, 0.1) is 5.92 Å². The minimum Gasteiger partial charge on any atom is -0.481 e. The van der Waals surface area contributed by atoms with Crippen molar-refractivity contribution in [1.29, 1.82) is 0 Å². The first kappa shape index (κ1) is 10.9. The first-order chi connectivity index (χ1) is 7.27. The van der Waals surface area contributed by atoms with Crippen LogP contribution < -0.4 is 10.6 Å². The molecule has 4 nitrogen and oxygen atoms in total. The summed E-state index contributed by atoms with van der Waals surface area (Å²) in [4.78, 5) is 10.8. The molecule has 0 radical (unpaired) electrons. The molecule has 0 bridgehead atoms. The van der Waals surface area contributed by atoms with Crippen LogP contribution in [0, 0.1) is 11.8 Å². The molecule has 0 spiro atoms. The highest BCUT2D eigenvalue weighted by Crippen LogP contribution is 2.24. The fourth-order valence-electron chi connectivity index (χ4n) is 2.74. The Bertz CT molecular complexity index is 219. The first-order valence-electron chi connectivity index (χ1n) is 5.94. The second-order valence-electron chi connectivity index (χ2n) is 4.71. The van der Waals surface area contributed by atoms with E-state index in [0.29, 0.717) is 12.6 Å². The summed E-state index contributed by atoms with van der Waals surface area (Å²) in [6.07, 6.45) is 4.34. The highest BCUT2D eigenvalue weighted by molar-refractivity contribution is 5.70. The van der Waals surface area contributed by atoms with Crippen molar-refractivity contribution in [2.24, 2.45) is 11.8 Å². The molecule has 2 rings (SSSR count). The molecular weight excluding hydrogens is 192 g/mol. The third kappa shape index (κ3) is 2.69. The lowest BCUT2D eigenvalue weighted by Gasteiger charge is -2.35. The van der Waals surface area contributed by atoms with Gasteiger partial charge in [0.15, 0.2) is 0 Å². The van der Waals surface area contributed by atoms with Gasteiger partial charge in [0.1, 0.15) is 0 Å². The van der Waals surface area contributed by atoms with Crippen LogP contribution in [0.2, 0.25) is 0 Å². The number of hydrogen-bond donors (Lipinski definition) is 3. The number of nitrogens with one attached hydrogen (secondary N) is 2. The fourth-order valence-corrected chi connectivity index (χ4v) is 2.74. The van der Waals surface area contributed by atoms with E-state index in [4.69, 9.17) is 5.11 Å². The molecule has 2 heterocycles. The molecule has 2 unspecified atom stereocenters. The normalized spacial score (nSPS) is 33.9. The number of hydrogen-bond acceptors (Lipinski definition) is 3. The minimum atomic E-state index is -0.647. The van der Waals surface area contributed by atoms with E-state index >= 15 is 0 Å². The molecule has 3 N–H and O–H groups in total. The van der Waals surface area contributed by atoms with Gasteiger partial charge in [0.25, 0.3) is 0 Å². The highest BCUT2D eigenvalue weighted by Gasteiger charge is 2.30. The van der Waals surface area contributed by atoms with Crippen molar-refractivity contribution in [3.05, 3.63) is 0 Å². The van der Waals surface area contributed by atoms with Gasteiger partial charge in [-0.1, -0.05) is 0 Å². The molecule has 0 aromatic carbocycles. The maximum atomic E-state index is 10.8. The largest absolute Gasteiger partial charge is 0.481 e. The van der Waals surface area contributed by atoms with Crippen LogP contribution >= 0.6 is 0 Å². The van der Waals surface area contributed by atoms with E-state index in [1.165, 1.54) is 12.8 Å². The van der Waals surface area contributed by atoms with Gasteiger partial charge in [-0.15, -0.1) is 0 Å². The number of carboxylic acid groups (broad SMARTS) is 1. The molecule has 2 atom stereocenters. The summed E-state index contributed by atoms with van der Waals surface area (Å²) in [6.45, 7) is 2.89. The van der Waals surface area contributed by atoms with Gasteiger partial charge >= 0.3 is 5.97 Å². The van der Waals surface area contributed by atoms with Crippen molar-refractivity contribution < 1.29 is 9.90 Å². The minimum absolute atomic E-state index is 0.164. The number of piperidine rings is 2. The Hall–Kier alpha value is -0.610. The summed E-state index contributed by atoms with van der Waals surface area (Å²) in [5.41, 5.74) is 0. The van der Waals surface area contributed by atoms with Crippen molar-refractivity contribution in [3.8, 4) is 0 Å². The summed E-state index contributed by atoms with van der Waals surface area (Å²) in [5.74, 6) is -0.0600. The van der Waals surface area contributed by atoms with E-state index in [-0.39, 0.29) is 5.92 Å². The molecule has 4 heteroatoms. The van der Waals surface area contributed by atoms with E-state index in [9.17, 15) is 4.79 Å². The SMILES string of the molecule is O=C(O)C1CCC(C2CCNCC2)NC1. The standard InChI is InChI=1S/C11H20N2O2/c14-11(15)9-1-2-10(13-7-9)8-3-5-12-6-4-8/h8-10,12-13H,1-7H2,(H,14,15). The number of carboxylic acids is 1. The van der Waals surface area contributed by atoms with Crippen molar-refractivity contribution in [2.45, 2.75) is 31.7 Å². The van der Waals surface area contributed by atoms with Gasteiger partial charge in [-0.05, 0) is 44.7 Å². The number of aliphatic carboxylic acids is 1. The van der Waals surface area contributed by atoms with Crippen molar-refractivity contribution >= 4 is 5.97 Å². The molecule has 15 heavy (non-hydrogen) atoms. The lowest BCUT2D eigenvalue weighted by atomic mass is 9.83. The second kappa shape index (κ2) is 4.94. The zero-order chi connectivity index (χ0) is 10.7. The zero-order valence-electron chi connectivity index (χ0n) is 9.04. The van der Waals surface area contributed by atoms with Gasteiger partial charge in [0, 0.05) is 12.6 Å².